The summed E-state index contributed by atoms with van der Waals surface area (Å²) in [6, 6.07) is 0. The van der Waals surface area contributed by atoms with Gasteiger partial charge in [-0.05, 0) is 31.8 Å². The van der Waals surface area contributed by atoms with Crippen molar-refractivity contribution in [2.75, 3.05) is 26.2 Å². The van der Waals surface area contributed by atoms with Gasteiger partial charge in [0.25, 0.3) is 0 Å². The van der Waals surface area contributed by atoms with Crippen molar-refractivity contribution in [3.8, 4) is 11.8 Å². The van der Waals surface area contributed by atoms with Crippen molar-refractivity contribution in [2.45, 2.75) is 32.6 Å². The summed E-state index contributed by atoms with van der Waals surface area (Å²) in [5.41, 5.74) is 0. The number of amides is 2. The van der Waals surface area contributed by atoms with Crippen LogP contribution >= 0.6 is 0 Å². The Morgan fingerprint density at radius 1 is 1.06 bits per heavy atom. The predicted molar refractivity (Wildman–Crippen MR) is 68.6 cm³/mol. The van der Waals surface area contributed by atoms with Gasteiger partial charge in [0.05, 0.1) is 13.1 Å². The van der Waals surface area contributed by atoms with Gasteiger partial charge < -0.3 is 0 Å². The van der Waals surface area contributed by atoms with Crippen molar-refractivity contribution in [1.82, 2.24) is 9.80 Å². The van der Waals surface area contributed by atoms with Gasteiger partial charge in [0.1, 0.15) is 0 Å². The second-order valence-corrected chi connectivity index (χ2v) is 5.19. The molecule has 18 heavy (non-hydrogen) atoms. The Balaban J connectivity index is 1.72. The maximum Gasteiger partial charge on any atom is 0.230 e. The molecule has 2 saturated heterocycles. The maximum atomic E-state index is 11.3. The number of rotatable bonds is 2. The molecule has 0 atom stereocenters. The molecule has 4 nitrogen and oxygen atoms in total. The topological polar surface area (TPSA) is 40.6 Å². The van der Waals surface area contributed by atoms with Crippen LogP contribution < -0.4 is 0 Å². The number of piperidine rings is 1. The first-order chi connectivity index (χ1) is 8.66. The molecule has 0 aromatic carbocycles. The largest absolute Gasteiger partial charge is 0.292 e. The Morgan fingerprint density at radius 2 is 1.61 bits per heavy atom. The van der Waals surface area contributed by atoms with Gasteiger partial charge >= 0.3 is 0 Å². The zero-order valence-corrected chi connectivity index (χ0v) is 10.9. The first kappa shape index (κ1) is 13.1. The van der Waals surface area contributed by atoms with Gasteiger partial charge in [-0.25, -0.2) is 0 Å². The quantitative estimate of drug-likeness (QED) is 0.538. The number of likely N-dealkylation sites (tertiary alicyclic amines) is 2. The molecule has 0 radical (unpaired) electrons. The second-order valence-electron chi connectivity index (χ2n) is 5.19. The Kier molecular flexibility index (Phi) is 4.38. The lowest BCUT2D eigenvalue weighted by atomic mass is 9.99. The molecule has 2 amide bonds. The van der Waals surface area contributed by atoms with Crippen LogP contribution in [-0.4, -0.2) is 47.8 Å². The summed E-state index contributed by atoms with van der Waals surface area (Å²) in [5, 5.41) is 0. The number of imide groups is 1. The molecule has 2 heterocycles. The van der Waals surface area contributed by atoms with E-state index in [4.69, 9.17) is 0 Å². The minimum atomic E-state index is -0.0823. The highest BCUT2D eigenvalue weighted by molar-refractivity contribution is 6.02. The van der Waals surface area contributed by atoms with Crippen LogP contribution in [0.3, 0.4) is 0 Å². The van der Waals surface area contributed by atoms with E-state index in [9.17, 15) is 9.59 Å². The van der Waals surface area contributed by atoms with Gasteiger partial charge in [-0.2, -0.15) is 0 Å². The van der Waals surface area contributed by atoms with Crippen molar-refractivity contribution >= 4 is 11.8 Å². The fourth-order valence-corrected chi connectivity index (χ4v) is 2.32. The highest BCUT2D eigenvalue weighted by Gasteiger charge is 2.27. The summed E-state index contributed by atoms with van der Waals surface area (Å²) in [7, 11) is 0. The molecular formula is C14H20N2O2. The number of carbonyl (C=O) groups excluding carboxylic acids is 2. The number of hydrogen-bond donors (Lipinski definition) is 0. The first-order valence-corrected chi connectivity index (χ1v) is 6.68. The fraction of sp³-hybridized carbons (Fsp3) is 0.714. The highest BCUT2D eigenvalue weighted by Crippen LogP contribution is 2.15. The molecule has 0 N–H and O–H groups in total. The van der Waals surface area contributed by atoms with E-state index in [0.717, 1.165) is 25.6 Å². The van der Waals surface area contributed by atoms with Crippen LogP contribution in [0.1, 0.15) is 32.6 Å². The minimum absolute atomic E-state index is 0.0823. The van der Waals surface area contributed by atoms with E-state index in [1.807, 2.05) is 0 Å². The molecule has 0 saturated carbocycles. The van der Waals surface area contributed by atoms with Crippen LogP contribution in [0.2, 0.25) is 0 Å². The average Bonchev–Trinajstić information content (AvgIpc) is 2.68. The Bertz CT molecular complexity index is 370. The summed E-state index contributed by atoms with van der Waals surface area (Å²) < 4.78 is 0. The summed E-state index contributed by atoms with van der Waals surface area (Å²) >= 11 is 0. The molecule has 0 aromatic rings. The molecular weight excluding hydrogens is 228 g/mol. The molecule has 2 fully saturated rings. The summed E-state index contributed by atoms with van der Waals surface area (Å²) in [6.45, 7) is 5.52. The molecule has 2 aliphatic rings. The van der Waals surface area contributed by atoms with Crippen molar-refractivity contribution in [1.29, 1.82) is 0 Å². The molecule has 0 aromatic heterocycles. The molecule has 4 heteroatoms. The molecule has 0 aliphatic carbocycles. The van der Waals surface area contributed by atoms with Gasteiger partial charge in [0, 0.05) is 12.8 Å². The van der Waals surface area contributed by atoms with Crippen LogP contribution in [-0.2, 0) is 9.59 Å². The van der Waals surface area contributed by atoms with E-state index in [0.29, 0.717) is 12.8 Å². The van der Waals surface area contributed by atoms with Crippen molar-refractivity contribution in [2.24, 2.45) is 5.92 Å². The van der Waals surface area contributed by atoms with Crippen LogP contribution in [0, 0.1) is 17.8 Å². The zero-order valence-electron chi connectivity index (χ0n) is 10.9. The SMILES string of the molecule is CC1CCN(CC#CCN2C(=O)CCC2=O)CC1. The number of carbonyl (C=O) groups is 2. The monoisotopic (exact) mass is 248 g/mol. The van der Waals surface area contributed by atoms with E-state index in [1.165, 1.54) is 17.7 Å². The third-order valence-corrected chi connectivity index (χ3v) is 3.70. The molecule has 0 unspecified atom stereocenters. The Labute approximate surface area is 108 Å². The van der Waals surface area contributed by atoms with Gasteiger partial charge in [-0.1, -0.05) is 18.8 Å². The third kappa shape index (κ3) is 3.33. The third-order valence-electron chi connectivity index (χ3n) is 3.70. The Morgan fingerprint density at radius 3 is 2.22 bits per heavy atom. The lowest BCUT2D eigenvalue weighted by Gasteiger charge is -2.28. The van der Waals surface area contributed by atoms with E-state index in [-0.39, 0.29) is 18.4 Å². The standard InChI is InChI=1S/C14H20N2O2/c1-12-6-10-15(11-7-12)8-2-3-9-16-13(17)4-5-14(16)18/h12H,4-11H2,1H3. The van der Waals surface area contributed by atoms with Gasteiger partial charge in [-0.3, -0.25) is 19.4 Å². The number of nitrogens with zero attached hydrogens (tertiary/aromatic N) is 2. The van der Waals surface area contributed by atoms with E-state index in [1.54, 1.807) is 0 Å². The van der Waals surface area contributed by atoms with Gasteiger partial charge in [0.2, 0.25) is 11.8 Å². The lowest BCUT2D eigenvalue weighted by molar-refractivity contribution is -0.137. The lowest BCUT2D eigenvalue weighted by Crippen LogP contribution is -2.33. The van der Waals surface area contributed by atoms with Crippen LogP contribution in [0.25, 0.3) is 0 Å². The second kappa shape index (κ2) is 6.01. The van der Waals surface area contributed by atoms with Crippen LogP contribution in [0.5, 0.6) is 0 Å². The van der Waals surface area contributed by atoms with Crippen LogP contribution in [0.15, 0.2) is 0 Å². The zero-order chi connectivity index (χ0) is 13.0. The first-order valence-electron chi connectivity index (χ1n) is 6.68. The molecule has 2 aliphatic heterocycles. The van der Waals surface area contributed by atoms with E-state index < -0.39 is 0 Å². The predicted octanol–water partition coefficient (Wildman–Crippen LogP) is 0.871. The van der Waals surface area contributed by atoms with Crippen molar-refractivity contribution < 1.29 is 9.59 Å². The highest BCUT2D eigenvalue weighted by atomic mass is 16.2. The smallest absolute Gasteiger partial charge is 0.230 e. The Hall–Kier alpha value is -1.34. The summed E-state index contributed by atoms with van der Waals surface area (Å²) in [5.74, 6) is 6.67. The van der Waals surface area contributed by atoms with Crippen molar-refractivity contribution in [3.05, 3.63) is 0 Å². The molecule has 2 rings (SSSR count). The molecule has 98 valence electrons. The van der Waals surface area contributed by atoms with Crippen LogP contribution in [0.4, 0.5) is 0 Å². The summed E-state index contributed by atoms with van der Waals surface area (Å²) in [6.07, 6.45) is 3.19. The summed E-state index contributed by atoms with van der Waals surface area (Å²) in [4.78, 5) is 26.3. The molecule has 0 spiro atoms. The van der Waals surface area contributed by atoms with E-state index in [2.05, 4.69) is 23.7 Å². The van der Waals surface area contributed by atoms with Gasteiger partial charge in [0.15, 0.2) is 0 Å². The average molecular weight is 248 g/mol. The number of hydrogen-bond acceptors (Lipinski definition) is 3. The van der Waals surface area contributed by atoms with Gasteiger partial charge in [-0.15, -0.1) is 0 Å². The minimum Gasteiger partial charge on any atom is -0.292 e. The van der Waals surface area contributed by atoms with E-state index >= 15 is 0 Å². The normalized spacial score (nSPS) is 22.2. The maximum absolute atomic E-state index is 11.3. The molecule has 0 bridgehead atoms. The van der Waals surface area contributed by atoms with Crippen molar-refractivity contribution in [3.63, 3.8) is 0 Å². The fourth-order valence-electron chi connectivity index (χ4n) is 2.32.